The number of aryl methyl sites for hydroxylation is 2. The number of allylic oxidation sites excluding steroid dienone is 1. The van der Waals surface area contributed by atoms with Gasteiger partial charge in [-0.2, -0.15) is 0 Å². The number of rotatable bonds is 3. The van der Waals surface area contributed by atoms with E-state index in [0.29, 0.717) is 6.42 Å². The molecule has 1 heterocycles. The molecule has 124 valence electrons. The maximum absolute atomic E-state index is 12.4. The molecule has 3 heteroatoms. The Morgan fingerprint density at radius 2 is 1.79 bits per heavy atom. The first-order valence-electron chi connectivity index (χ1n) is 8.34. The highest BCUT2D eigenvalue weighted by Gasteiger charge is 2.28. The van der Waals surface area contributed by atoms with Gasteiger partial charge in [0.25, 0.3) is 0 Å². The minimum absolute atomic E-state index is 0.101. The van der Waals surface area contributed by atoms with E-state index in [-0.39, 0.29) is 11.8 Å². The molecule has 0 bridgehead atoms. The molecule has 0 aromatic heterocycles. The molecule has 0 saturated carbocycles. The van der Waals surface area contributed by atoms with Crippen LogP contribution < -0.4 is 4.90 Å². The van der Waals surface area contributed by atoms with Gasteiger partial charge in [-0.3, -0.25) is 4.79 Å². The lowest BCUT2D eigenvalue weighted by molar-refractivity contribution is -0.113. The number of anilines is 2. The van der Waals surface area contributed by atoms with Crippen molar-refractivity contribution < 1.29 is 4.79 Å². The molecule has 0 N–H and O–H groups in total. The highest BCUT2D eigenvalue weighted by atomic mass is 35.5. The number of carbonyl (C=O) groups excluding carboxylic acids is 1. The van der Waals surface area contributed by atoms with Gasteiger partial charge < -0.3 is 4.90 Å². The quantitative estimate of drug-likeness (QED) is 0.698. The Labute approximate surface area is 148 Å². The van der Waals surface area contributed by atoms with Crippen LogP contribution >= 0.6 is 11.6 Å². The Morgan fingerprint density at radius 1 is 1.17 bits per heavy atom. The Bertz CT molecular complexity index is 814. The SMILES string of the molecule is CCC(=O)C1=CC(C)N(c2c(C)cc(Cl)cc2C)c2ccccc21. The summed E-state index contributed by atoms with van der Waals surface area (Å²) in [5.74, 6) is 0.193. The maximum Gasteiger partial charge on any atom is 0.163 e. The fraction of sp³-hybridized carbons (Fsp3) is 0.286. The summed E-state index contributed by atoms with van der Waals surface area (Å²) in [6, 6.07) is 12.2. The van der Waals surface area contributed by atoms with Gasteiger partial charge in [0.05, 0.1) is 6.04 Å². The molecule has 0 amide bonds. The molecule has 24 heavy (non-hydrogen) atoms. The third-order valence-electron chi connectivity index (χ3n) is 4.59. The molecule has 0 saturated heterocycles. The molecular weight excluding hydrogens is 318 g/mol. The van der Waals surface area contributed by atoms with Crippen LogP contribution in [0.1, 0.15) is 37.0 Å². The van der Waals surface area contributed by atoms with Crippen LogP contribution in [0.5, 0.6) is 0 Å². The van der Waals surface area contributed by atoms with Crippen LogP contribution in [-0.2, 0) is 4.79 Å². The summed E-state index contributed by atoms with van der Waals surface area (Å²) in [5, 5.41) is 0.754. The van der Waals surface area contributed by atoms with Gasteiger partial charge in [0, 0.05) is 34.0 Å². The fourth-order valence-corrected chi connectivity index (χ4v) is 3.90. The number of benzene rings is 2. The monoisotopic (exact) mass is 339 g/mol. The third-order valence-corrected chi connectivity index (χ3v) is 4.81. The zero-order chi connectivity index (χ0) is 17.4. The van der Waals surface area contributed by atoms with Crippen molar-refractivity contribution in [2.45, 2.75) is 40.2 Å². The van der Waals surface area contributed by atoms with Crippen LogP contribution in [-0.4, -0.2) is 11.8 Å². The van der Waals surface area contributed by atoms with E-state index < -0.39 is 0 Å². The van der Waals surface area contributed by atoms with Crippen molar-refractivity contribution in [3.8, 4) is 0 Å². The summed E-state index contributed by atoms with van der Waals surface area (Å²) < 4.78 is 0. The summed E-state index contributed by atoms with van der Waals surface area (Å²) in [6.07, 6.45) is 2.60. The van der Waals surface area contributed by atoms with E-state index in [2.05, 4.69) is 37.8 Å². The summed E-state index contributed by atoms with van der Waals surface area (Å²) in [4.78, 5) is 14.7. The van der Waals surface area contributed by atoms with Crippen molar-refractivity contribution in [1.29, 1.82) is 0 Å². The molecule has 0 fully saturated rings. The lowest BCUT2D eigenvalue weighted by Gasteiger charge is -2.37. The van der Waals surface area contributed by atoms with Crippen molar-refractivity contribution in [1.82, 2.24) is 0 Å². The number of para-hydroxylation sites is 1. The molecular formula is C21H22ClNO. The molecule has 3 rings (SSSR count). The van der Waals surface area contributed by atoms with E-state index in [4.69, 9.17) is 11.6 Å². The average Bonchev–Trinajstić information content (AvgIpc) is 2.54. The lowest BCUT2D eigenvalue weighted by Crippen LogP contribution is -2.32. The van der Waals surface area contributed by atoms with Crippen LogP contribution in [0.15, 0.2) is 42.5 Å². The Hall–Kier alpha value is -2.06. The number of nitrogens with zero attached hydrogens (tertiary/aromatic N) is 1. The van der Waals surface area contributed by atoms with E-state index in [0.717, 1.165) is 33.0 Å². The Balaban J connectivity index is 2.22. The number of Topliss-reactive ketones (excluding diaryl/α,β-unsaturated/α-hetero) is 1. The van der Waals surface area contributed by atoms with E-state index in [1.165, 1.54) is 5.69 Å². The first-order chi connectivity index (χ1) is 11.4. The predicted octanol–water partition coefficient (Wildman–Crippen LogP) is 5.86. The largest absolute Gasteiger partial charge is 0.334 e. The van der Waals surface area contributed by atoms with Crippen molar-refractivity contribution in [3.63, 3.8) is 0 Å². The highest BCUT2D eigenvalue weighted by molar-refractivity contribution is 6.30. The van der Waals surface area contributed by atoms with Gasteiger partial charge in [-0.05, 0) is 50.1 Å². The van der Waals surface area contributed by atoms with Crippen LogP contribution in [0.3, 0.4) is 0 Å². The number of hydrogen-bond acceptors (Lipinski definition) is 2. The molecule has 0 spiro atoms. The number of halogens is 1. The molecule has 1 unspecified atom stereocenters. The van der Waals surface area contributed by atoms with Gasteiger partial charge in [0.2, 0.25) is 0 Å². The maximum atomic E-state index is 12.4. The molecule has 2 nitrogen and oxygen atoms in total. The van der Waals surface area contributed by atoms with Crippen molar-refractivity contribution in [3.05, 3.63) is 64.2 Å². The second kappa shape index (κ2) is 6.45. The first kappa shape index (κ1) is 16.8. The first-order valence-corrected chi connectivity index (χ1v) is 8.72. The molecule has 0 aliphatic carbocycles. The number of fused-ring (bicyclic) bond motifs is 1. The second-order valence-corrected chi connectivity index (χ2v) is 6.81. The number of carbonyl (C=O) groups is 1. The smallest absolute Gasteiger partial charge is 0.163 e. The van der Waals surface area contributed by atoms with E-state index in [1.54, 1.807) is 0 Å². The van der Waals surface area contributed by atoms with Crippen LogP contribution in [0, 0.1) is 13.8 Å². The third kappa shape index (κ3) is 2.76. The number of hydrogen-bond donors (Lipinski definition) is 0. The van der Waals surface area contributed by atoms with E-state index in [1.807, 2.05) is 37.3 Å². The minimum atomic E-state index is 0.101. The highest BCUT2D eigenvalue weighted by Crippen LogP contribution is 2.42. The Kier molecular flexibility index (Phi) is 4.51. The molecule has 2 aromatic carbocycles. The summed E-state index contributed by atoms with van der Waals surface area (Å²) in [5.41, 5.74) is 6.37. The van der Waals surface area contributed by atoms with Crippen molar-refractivity contribution in [2.24, 2.45) is 0 Å². The van der Waals surface area contributed by atoms with Gasteiger partial charge in [-0.1, -0.05) is 42.8 Å². The zero-order valence-electron chi connectivity index (χ0n) is 14.6. The lowest BCUT2D eigenvalue weighted by atomic mass is 9.90. The molecule has 1 aliphatic rings. The molecule has 0 radical (unpaired) electrons. The summed E-state index contributed by atoms with van der Waals surface area (Å²) >= 11 is 6.21. The van der Waals surface area contributed by atoms with Gasteiger partial charge in [0.1, 0.15) is 0 Å². The van der Waals surface area contributed by atoms with Crippen LogP contribution in [0.25, 0.3) is 5.57 Å². The van der Waals surface area contributed by atoms with Gasteiger partial charge in [-0.25, -0.2) is 0 Å². The van der Waals surface area contributed by atoms with Crippen molar-refractivity contribution in [2.75, 3.05) is 4.90 Å². The second-order valence-electron chi connectivity index (χ2n) is 6.37. The topological polar surface area (TPSA) is 20.3 Å². The number of ketones is 1. The molecule has 1 aliphatic heterocycles. The van der Waals surface area contributed by atoms with Crippen molar-refractivity contribution >= 4 is 34.3 Å². The van der Waals surface area contributed by atoms with Crippen LogP contribution in [0.4, 0.5) is 11.4 Å². The fourth-order valence-electron chi connectivity index (χ4n) is 3.58. The van der Waals surface area contributed by atoms with Gasteiger partial charge in [-0.15, -0.1) is 0 Å². The standard InChI is InChI=1S/C21H22ClNO/c1-5-20(24)18-12-15(4)23(19-9-7-6-8-17(18)19)21-13(2)10-16(22)11-14(21)3/h6-12,15H,5H2,1-4H3. The molecule has 2 aromatic rings. The van der Waals surface area contributed by atoms with Crippen LogP contribution in [0.2, 0.25) is 5.02 Å². The summed E-state index contributed by atoms with van der Waals surface area (Å²) in [6.45, 7) is 8.21. The van der Waals surface area contributed by atoms with Gasteiger partial charge in [0.15, 0.2) is 5.78 Å². The normalized spacial score (nSPS) is 16.6. The van der Waals surface area contributed by atoms with Gasteiger partial charge >= 0.3 is 0 Å². The summed E-state index contributed by atoms with van der Waals surface area (Å²) in [7, 11) is 0. The Morgan fingerprint density at radius 3 is 2.42 bits per heavy atom. The van der Waals surface area contributed by atoms with E-state index in [9.17, 15) is 4.79 Å². The minimum Gasteiger partial charge on any atom is -0.334 e. The van der Waals surface area contributed by atoms with E-state index >= 15 is 0 Å². The average molecular weight is 340 g/mol. The molecule has 1 atom stereocenters. The zero-order valence-corrected chi connectivity index (χ0v) is 15.3. The predicted molar refractivity (Wildman–Crippen MR) is 102 cm³/mol.